The lowest BCUT2D eigenvalue weighted by Gasteiger charge is -2.29. The molecule has 2 rings (SSSR count). The molecule has 0 bridgehead atoms. The largest absolute Gasteiger partial charge is 0.393 e. The van der Waals surface area contributed by atoms with Gasteiger partial charge in [0.25, 0.3) is 5.91 Å². The molecule has 0 aromatic heterocycles. The van der Waals surface area contributed by atoms with Crippen LogP contribution in [0.5, 0.6) is 0 Å². The normalized spacial score (nSPS) is 13.8. The fourth-order valence-corrected chi connectivity index (χ4v) is 2.40. The molecule has 0 unspecified atom stereocenters. The number of nitrogens with zero attached hydrogens (tertiary/aromatic N) is 2. The lowest BCUT2D eigenvalue weighted by Crippen LogP contribution is -2.45. The molecule has 112 valence electrons. The van der Waals surface area contributed by atoms with Crippen LogP contribution in [0.4, 0.5) is 0 Å². The molecule has 1 aromatic carbocycles. The molecule has 2 N–H and O–H groups in total. The van der Waals surface area contributed by atoms with Crippen molar-refractivity contribution in [2.24, 2.45) is 5.73 Å². The smallest absolute Gasteiger partial charge is 0.254 e. The molecule has 1 aromatic rings. The molecule has 1 aliphatic rings. The van der Waals surface area contributed by atoms with E-state index in [1.54, 1.807) is 16.8 Å². The summed E-state index contributed by atoms with van der Waals surface area (Å²) in [6, 6.07) is 7.54. The van der Waals surface area contributed by atoms with Crippen molar-refractivity contribution < 1.29 is 9.59 Å². The van der Waals surface area contributed by atoms with E-state index < -0.39 is 0 Å². The van der Waals surface area contributed by atoms with Gasteiger partial charge >= 0.3 is 0 Å². The predicted octanol–water partition coefficient (Wildman–Crippen LogP) is 0.819. The number of fused-ring (bicyclic) bond motifs is 1. The van der Waals surface area contributed by atoms with Crippen LogP contribution in [0.25, 0.3) is 0 Å². The Bertz CT molecular complexity index is 574. The molecule has 5 nitrogen and oxygen atoms in total. The number of hydrogen-bond donors (Lipinski definition) is 1. The first-order chi connectivity index (χ1) is 9.99. The quantitative estimate of drug-likeness (QED) is 0.818. The Morgan fingerprint density at radius 2 is 2.14 bits per heavy atom. The average molecular weight is 305 g/mol. The summed E-state index contributed by atoms with van der Waals surface area (Å²) in [6.07, 6.45) is 1.28. The van der Waals surface area contributed by atoms with Crippen molar-refractivity contribution in [1.29, 1.82) is 0 Å². The standard InChI is InChI=1S/C15H19N3O2S/c1-17(8-7-13(16)21)14(19)10-18-9-6-11-4-2-3-5-12(11)15(18)20/h2-5H,6-10H2,1H3,(H2,16,21). The molecule has 0 atom stereocenters. The second-order valence-electron chi connectivity index (χ2n) is 5.17. The SMILES string of the molecule is CN(CCC(N)=S)C(=O)CN1CCc2ccccc2C1=O. The maximum atomic E-state index is 12.4. The summed E-state index contributed by atoms with van der Waals surface area (Å²) >= 11 is 4.80. The summed E-state index contributed by atoms with van der Waals surface area (Å²) in [5, 5.41) is 0. The summed E-state index contributed by atoms with van der Waals surface area (Å²) in [5.74, 6) is -0.174. The summed E-state index contributed by atoms with van der Waals surface area (Å²) in [5.41, 5.74) is 7.17. The summed E-state index contributed by atoms with van der Waals surface area (Å²) in [6.45, 7) is 1.15. The van der Waals surface area contributed by atoms with Gasteiger partial charge in [0.15, 0.2) is 0 Å². The van der Waals surface area contributed by atoms with E-state index in [2.05, 4.69) is 0 Å². The molecular formula is C15H19N3O2S. The molecular weight excluding hydrogens is 286 g/mol. The summed E-state index contributed by atoms with van der Waals surface area (Å²) in [7, 11) is 1.70. The van der Waals surface area contributed by atoms with Crippen LogP contribution in [0.2, 0.25) is 0 Å². The van der Waals surface area contributed by atoms with Crippen LogP contribution in [0.1, 0.15) is 22.3 Å². The molecule has 2 amide bonds. The predicted molar refractivity (Wildman–Crippen MR) is 85.1 cm³/mol. The summed E-state index contributed by atoms with van der Waals surface area (Å²) in [4.78, 5) is 28.0. The highest BCUT2D eigenvalue weighted by molar-refractivity contribution is 7.80. The van der Waals surface area contributed by atoms with E-state index in [9.17, 15) is 9.59 Å². The Hall–Kier alpha value is -1.95. The third kappa shape index (κ3) is 3.78. The van der Waals surface area contributed by atoms with E-state index in [-0.39, 0.29) is 18.4 Å². The van der Waals surface area contributed by atoms with Gasteiger partial charge in [0, 0.05) is 32.1 Å². The van der Waals surface area contributed by atoms with E-state index in [1.807, 2.05) is 24.3 Å². The molecule has 0 fully saturated rings. The topological polar surface area (TPSA) is 66.6 Å². The van der Waals surface area contributed by atoms with Crippen molar-refractivity contribution in [2.45, 2.75) is 12.8 Å². The van der Waals surface area contributed by atoms with Crippen molar-refractivity contribution in [2.75, 3.05) is 26.7 Å². The van der Waals surface area contributed by atoms with Crippen molar-refractivity contribution in [1.82, 2.24) is 9.80 Å². The zero-order valence-corrected chi connectivity index (χ0v) is 12.9. The van der Waals surface area contributed by atoms with E-state index in [4.69, 9.17) is 18.0 Å². The number of amides is 2. The van der Waals surface area contributed by atoms with Gasteiger partial charge in [-0.2, -0.15) is 0 Å². The van der Waals surface area contributed by atoms with Crippen LogP contribution >= 0.6 is 12.2 Å². The first kappa shape index (κ1) is 15.4. The van der Waals surface area contributed by atoms with Gasteiger partial charge in [0.2, 0.25) is 5.91 Å². The molecule has 0 spiro atoms. The third-order valence-electron chi connectivity index (χ3n) is 3.63. The molecule has 0 saturated carbocycles. The molecule has 1 aliphatic heterocycles. The van der Waals surface area contributed by atoms with Gasteiger partial charge in [-0.15, -0.1) is 0 Å². The van der Waals surface area contributed by atoms with Crippen LogP contribution in [-0.4, -0.2) is 53.3 Å². The van der Waals surface area contributed by atoms with Crippen LogP contribution in [0.15, 0.2) is 24.3 Å². The molecule has 6 heteroatoms. The van der Waals surface area contributed by atoms with Gasteiger partial charge in [-0.05, 0) is 18.1 Å². The number of likely N-dealkylation sites (N-methyl/N-ethyl adjacent to an activating group) is 1. The Morgan fingerprint density at radius 1 is 1.43 bits per heavy atom. The number of nitrogens with two attached hydrogens (primary N) is 1. The maximum absolute atomic E-state index is 12.4. The number of rotatable bonds is 5. The van der Waals surface area contributed by atoms with Crippen LogP contribution in [0, 0.1) is 0 Å². The molecule has 21 heavy (non-hydrogen) atoms. The van der Waals surface area contributed by atoms with E-state index in [0.29, 0.717) is 30.1 Å². The van der Waals surface area contributed by atoms with Crippen LogP contribution in [-0.2, 0) is 11.2 Å². The zero-order chi connectivity index (χ0) is 15.4. The Labute approximate surface area is 129 Å². The minimum absolute atomic E-state index is 0.0760. The minimum Gasteiger partial charge on any atom is -0.393 e. The number of carbonyl (C=O) groups excluding carboxylic acids is 2. The highest BCUT2D eigenvalue weighted by atomic mass is 32.1. The van der Waals surface area contributed by atoms with Crippen LogP contribution in [0.3, 0.4) is 0 Å². The van der Waals surface area contributed by atoms with E-state index in [1.165, 1.54) is 0 Å². The minimum atomic E-state index is -0.0982. The van der Waals surface area contributed by atoms with Crippen molar-refractivity contribution in [3.63, 3.8) is 0 Å². The van der Waals surface area contributed by atoms with Gasteiger partial charge in [0.1, 0.15) is 6.54 Å². The highest BCUT2D eigenvalue weighted by Crippen LogP contribution is 2.18. The lowest BCUT2D eigenvalue weighted by atomic mass is 9.99. The van der Waals surface area contributed by atoms with Crippen LogP contribution < -0.4 is 5.73 Å². The van der Waals surface area contributed by atoms with Gasteiger partial charge in [-0.25, -0.2) is 0 Å². The Morgan fingerprint density at radius 3 is 2.86 bits per heavy atom. The molecule has 0 radical (unpaired) electrons. The first-order valence-corrected chi connectivity index (χ1v) is 7.29. The monoisotopic (exact) mass is 305 g/mol. The molecule has 1 heterocycles. The number of carbonyl (C=O) groups is 2. The second kappa shape index (κ2) is 6.67. The molecule has 0 saturated heterocycles. The van der Waals surface area contributed by atoms with Gasteiger partial charge in [0.05, 0.1) is 4.99 Å². The fourth-order valence-electron chi connectivity index (χ4n) is 2.31. The zero-order valence-electron chi connectivity index (χ0n) is 12.0. The fraction of sp³-hybridized carbons (Fsp3) is 0.400. The van der Waals surface area contributed by atoms with Crippen molar-refractivity contribution >= 4 is 29.0 Å². The van der Waals surface area contributed by atoms with E-state index >= 15 is 0 Å². The third-order valence-corrected chi connectivity index (χ3v) is 3.84. The number of thiocarbonyl (C=S) groups is 1. The Kier molecular flexibility index (Phi) is 4.90. The Balaban J connectivity index is 1.96. The average Bonchev–Trinajstić information content (AvgIpc) is 2.47. The van der Waals surface area contributed by atoms with Gasteiger partial charge in [-0.3, -0.25) is 9.59 Å². The first-order valence-electron chi connectivity index (χ1n) is 6.88. The van der Waals surface area contributed by atoms with Crippen molar-refractivity contribution in [3.8, 4) is 0 Å². The maximum Gasteiger partial charge on any atom is 0.254 e. The second-order valence-corrected chi connectivity index (χ2v) is 5.69. The van der Waals surface area contributed by atoms with E-state index in [0.717, 1.165) is 12.0 Å². The number of hydrogen-bond acceptors (Lipinski definition) is 3. The summed E-state index contributed by atoms with van der Waals surface area (Å²) < 4.78 is 0. The van der Waals surface area contributed by atoms with Gasteiger partial charge < -0.3 is 15.5 Å². The number of benzene rings is 1. The molecule has 0 aliphatic carbocycles. The van der Waals surface area contributed by atoms with Crippen molar-refractivity contribution in [3.05, 3.63) is 35.4 Å². The highest BCUT2D eigenvalue weighted by Gasteiger charge is 2.26. The lowest BCUT2D eigenvalue weighted by molar-refractivity contribution is -0.130. The van der Waals surface area contributed by atoms with Gasteiger partial charge in [-0.1, -0.05) is 30.4 Å².